The zero-order valence-electron chi connectivity index (χ0n) is 19.8. The number of pyridine rings is 1. The Hall–Kier alpha value is -2.61. The fourth-order valence-electron chi connectivity index (χ4n) is 4.13. The number of nitrogens with zero attached hydrogens (tertiary/aromatic N) is 1. The van der Waals surface area contributed by atoms with Crippen molar-refractivity contribution < 1.29 is 57.4 Å². The number of rotatable bonds is 6. The van der Waals surface area contributed by atoms with Gasteiger partial charge in [-0.2, -0.15) is 13.2 Å². The normalized spacial score (nSPS) is 13.5. The number of aromatic carboxylic acids is 1. The molecule has 0 saturated heterocycles. The molecule has 0 spiro atoms. The zero-order valence-corrected chi connectivity index (χ0v) is 21.8. The van der Waals surface area contributed by atoms with Gasteiger partial charge in [-0.1, -0.05) is 41.5 Å². The number of alkyl halides is 3. The van der Waals surface area contributed by atoms with E-state index in [9.17, 15) is 23.1 Å². The van der Waals surface area contributed by atoms with E-state index in [-0.39, 0.29) is 35.3 Å². The van der Waals surface area contributed by atoms with Crippen LogP contribution in [0.2, 0.25) is 0 Å². The number of aryl methyl sites for hydroxylation is 2. The van der Waals surface area contributed by atoms with Gasteiger partial charge in [-0.3, -0.25) is 0 Å². The van der Waals surface area contributed by atoms with E-state index in [4.69, 9.17) is 4.74 Å². The Morgan fingerprint density at radius 2 is 1.63 bits per heavy atom. The summed E-state index contributed by atoms with van der Waals surface area (Å²) in [6.45, 7) is 4.28. The number of aromatic nitrogens is 1. The molecular formula is C27H23F3NNaO3. The van der Waals surface area contributed by atoms with Crippen LogP contribution in [0.4, 0.5) is 13.2 Å². The number of carbonyl (C=O) groups is 1. The number of carboxylic acids is 1. The van der Waals surface area contributed by atoms with E-state index < -0.39 is 23.4 Å². The first-order valence-electron chi connectivity index (χ1n) is 10.9. The smallest absolute Gasteiger partial charge is 0.543 e. The third-order valence-corrected chi connectivity index (χ3v) is 5.86. The van der Waals surface area contributed by atoms with E-state index in [1.54, 1.807) is 0 Å². The minimum atomic E-state index is -4.70. The van der Waals surface area contributed by atoms with Gasteiger partial charge in [0.1, 0.15) is 12.4 Å². The van der Waals surface area contributed by atoms with Gasteiger partial charge >= 0.3 is 35.7 Å². The second-order valence-electron chi connectivity index (χ2n) is 8.50. The first-order valence-corrected chi connectivity index (χ1v) is 10.9. The molecule has 176 valence electrons. The molecule has 0 amide bonds. The molecule has 2 aromatic carbocycles. The minimum absolute atomic E-state index is 0. The van der Waals surface area contributed by atoms with E-state index in [2.05, 4.69) is 4.98 Å². The first kappa shape index (κ1) is 27.0. The van der Waals surface area contributed by atoms with Gasteiger partial charge in [-0.05, 0) is 74.1 Å². The van der Waals surface area contributed by atoms with Gasteiger partial charge < -0.3 is 14.6 Å². The van der Waals surface area contributed by atoms with Gasteiger partial charge in [0.15, 0.2) is 0 Å². The van der Waals surface area contributed by atoms with Crippen LogP contribution in [-0.2, 0) is 12.8 Å². The first-order chi connectivity index (χ1) is 16.1. The maximum absolute atomic E-state index is 13.4. The fourth-order valence-corrected chi connectivity index (χ4v) is 4.13. The van der Waals surface area contributed by atoms with Crippen LogP contribution in [0.3, 0.4) is 0 Å². The number of hydrogen-bond acceptors (Lipinski definition) is 4. The molecule has 1 aliphatic carbocycles. The molecule has 4 rings (SSSR count). The van der Waals surface area contributed by atoms with Crippen LogP contribution in [0.5, 0.6) is 5.75 Å². The quantitative estimate of drug-likeness (QED) is 0.500. The molecule has 0 fully saturated rings. The average Bonchev–Trinajstić information content (AvgIpc) is 3.28. The van der Waals surface area contributed by atoms with Crippen molar-refractivity contribution in [2.24, 2.45) is 0 Å². The Morgan fingerprint density at radius 1 is 0.971 bits per heavy atom. The van der Waals surface area contributed by atoms with Crippen molar-refractivity contribution in [1.29, 1.82) is 0 Å². The van der Waals surface area contributed by atoms with Crippen molar-refractivity contribution in [2.45, 2.75) is 45.9 Å². The molecule has 8 heteroatoms. The molecule has 1 heterocycles. The monoisotopic (exact) mass is 489 g/mol. The second-order valence-corrected chi connectivity index (χ2v) is 8.50. The predicted molar refractivity (Wildman–Crippen MR) is 121 cm³/mol. The van der Waals surface area contributed by atoms with E-state index in [1.165, 1.54) is 0 Å². The molecule has 0 N–H and O–H groups in total. The average molecular weight is 489 g/mol. The largest absolute Gasteiger partial charge is 1.00 e. The van der Waals surface area contributed by atoms with Crippen LogP contribution < -0.4 is 39.4 Å². The number of allylic oxidation sites excluding steroid dienone is 2. The van der Waals surface area contributed by atoms with E-state index in [1.807, 2.05) is 56.3 Å². The predicted octanol–water partition coefficient (Wildman–Crippen LogP) is 2.76. The fraction of sp³-hybridized carbons (Fsp3) is 0.259. The summed E-state index contributed by atoms with van der Waals surface area (Å²) in [4.78, 5) is 15.4. The molecule has 1 aliphatic rings. The Kier molecular flexibility index (Phi) is 8.46. The summed E-state index contributed by atoms with van der Waals surface area (Å²) in [7, 11) is 0. The van der Waals surface area contributed by atoms with Crippen LogP contribution in [-0.4, -0.2) is 11.0 Å². The molecule has 3 aromatic rings. The zero-order chi connectivity index (χ0) is 24.5. The standard InChI is InChI=1S/C27H24F3NO3.Na/c1-16-6-9-18(10-7-16)15-34-25-11-8-17(2)12-22(25)20-4-3-5-21(20)23-13-19(27(28,29)30)14-24(31-23)26(32)33;/h6-14H,3-5,15H2,1-2H3,(H,32,33);/q;+1/p-1. The van der Waals surface area contributed by atoms with Gasteiger partial charge in [0.2, 0.25) is 0 Å². The Balaban J connectivity index is 0.00000342. The topological polar surface area (TPSA) is 62.2 Å². The Bertz CT molecular complexity index is 1270. The number of carbonyl (C=O) groups excluding carboxylic acids is 1. The van der Waals surface area contributed by atoms with Gasteiger partial charge in [-0.25, -0.2) is 4.98 Å². The van der Waals surface area contributed by atoms with Crippen molar-refractivity contribution in [1.82, 2.24) is 4.98 Å². The van der Waals surface area contributed by atoms with Crippen molar-refractivity contribution in [3.63, 3.8) is 0 Å². The van der Waals surface area contributed by atoms with Crippen LogP contribution in [0, 0.1) is 13.8 Å². The van der Waals surface area contributed by atoms with Gasteiger partial charge in [0.25, 0.3) is 0 Å². The third kappa shape index (κ3) is 6.34. The second kappa shape index (κ2) is 11.0. The van der Waals surface area contributed by atoms with E-state index >= 15 is 0 Å². The number of carboxylic acid groups (broad SMARTS) is 1. The molecule has 4 nitrogen and oxygen atoms in total. The summed E-state index contributed by atoms with van der Waals surface area (Å²) < 4.78 is 46.5. The van der Waals surface area contributed by atoms with Crippen LogP contribution in [0.25, 0.3) is 11.1 Å². The van der Waals surface area contributed by atoms with Crippen LogP contribution in [0.1, 0.15) is 63.3 Å². The SMILES string of the molecule is Cc1ccc(COc2ccc(C)cc2C2=C(c3cc(C(F)(F)F)cc(C(=O)[O-])n3)CCC2)cc1.[Na+]. The molecule has 0 bridgehead atoms. The summed E-state index contributed by atoms with van der Waals surface area (Å²) in [5.74, 6) is -1.13. The van der Waals surface area contributed by atoms with Crippen molar-refractivity contribution in [2.75, 3.05) is 0 Å². The summed E-state index contributed by atoms with van der Waals surface area (Å²) in [5, 5.41) is 11.4. The van der Waals surface area contributed by atoms with E-state index in [0.717, 1.165) is 33.9 Å². The van der Waals surface area contributed by atoms with Crippen molar-refractivity contribution in [3.8, 4) is 5.75 Å². The summed E-state index contributed by atoms with van der Waals surface area (Å²) in [6.07, 6.45) is -2.87. The summed E-state index contributed by atoms with van der Waals surface area (Å²) in [6, 6.07) is 15.1. The number of halogens is 3. The van der Waals surface area contributed by atoms with Crippen LogP contribution in [0.15, 0.2) is 54.6 Å². The Morgan fingerprint density at radius 3 is 2.29 bits per heavy atom. The molecule has 35 heavy (non-hydrogen) atoms. The van der Waals surface area contributed by atoms with Crippen molar-refractivity contribution >= 4 is 17.1 Å². The molecule has 0 atom stereocenters. The third-order valence-electron chi connectivity index (χ3n) is 5.86. The molecular weight excluding hydrogens is 466 g/mol. The molecule has 0 aliphatic heterocycles. The number of benzene rings is 2. The Labute approximate surface area is 224 Å². The number of hydrogen-bond donors (Lipinski definition) is 0. The van der Waals surface area contributed by atoms with Gasteiger partial charge in [0, 0.05) is 5.56 Å². The number of ether oxygens (including phenoxy) is 1. The maximum atomic E-state index is 13.4. The van der Waals surface area contributed by atoms with E-state index in [0.29, 0.717) is 43.3 Å². The minimum Gasteiger partial charge on any atom is -0.543 e. The molecule has 1 aromatic heterocycles. The van der Waals surface area contributed by atoms with Crippen LogP contribution >= 0.6 is 0 Å². The summed E-state index contributed by atoms with van der Waals surface area (Å²) >= 11 is 0. The molecule has 0 unspecified atom stereocenters. The molecule has 0 radical (unpaired) electrons. The van der Waals surface area contributed by atoms with Gasteiger partial charge in [-0.15, -0.1) is 0 Å². The van der Waals surface area contributed by atoms with Gasteiger partial charge in [0.05, 0.1) is 22.9 Å². The summed E-state index contributed by atoms with van der Waals surface area (Å²) in [5.41, 5.74) is 3.53. The van der Waals surface area contributed by atoms with Crippen molar-refractivity contribution in [3.05, 3.63) is 93.8 Å². The maximum Gasteiger partial charge on any atom is 1.00 e. The molecule has 0 saturated carbocycles.